The van der Waals surface area contributed by atoms with Gasteiger partial charge in [0, 0.05) is 12.5 Å². The van der Waals surface area contributed by atoms with Crippen molar-refractivity contribution in [2.45, 2.75) is 19.2 Å². The lowest BCUT2D eigenvalue weighted by Gasteiger charge is -2.13. The molecule has 3 rings (SSSR count). The molecule has 0 amide bonds. The first kappa shape index (κ1) is 17.0. The van der Waals surface area contributed by atoms with Gasteiger partial charge in [-0.15, -0.1) is 0 Å². The Balaban J connectivity index is 1.95. The van der Waals surface area contributed by atoms with Gasteiger partial charge in [0.25, 0.3) is 0 Å². The van der Waals surface area contributed by atoms with Crippen LogP contribution in [0.3, 0.4) is 0 Å². The average Bonchev–Trinajstić information content (AvgIpc) is 3.23. The van der Waals surface area contributed by atoms with Crippen LogP contribution in [0.15, 0.2) is 59.4 Å². The number of ether oxygens (including phenoxy) is 1. The number of alkyl halides is 3. The van der Waals surface area contributed by atoms with E-state index in [4.69, 9.17) is 4.74 Å². The third-order valence-electron chi connectivity index (χ3n) is 3.83. The van der Waals surface area contributed by atoms with E-state index in [0.717, 1.165) is 12.1 Å². The van der Waals surface area contributed by atoms with Crippen LogP contribution in [0.25, 0.3) is 11.1 Å². The molecule has 0 aliphatic rings. The van der Waals surface area contributed by atoms with E-state index in [-0.39, 0.29) is 5.43 Å². The Morgan fingerprint density at radius 2 is 1.60 bits per heavy atom. The summed E-state index contributed by atoms with van der Waals surface area (Å²) in [6.07, 6.45) is -5.29. The van der Waals surface area contributed by atoms with E-state index >= 15 is 0 Å². The molecule has 0 saturated heterocycles. The summed E-state index contributed by atoms with van der Waals surface area (Å²) in [5.41, 5.74) is 0.495. The van der Waals surface area contributed by atoms with Gasteiger partial charge in [-0.25, -0.2) is 0 Å². The number of carbonyl (C=O) groups is 1. The lowest BCUT2D eigenvalue weighted by atomic mass is 10.0. The Hall–Kier alpha value is -2.89. The van der Waals surface area contributed by atoms with Crippen LogP contribution in [0.2, 0.25) is 0 Å². The molecule has 3 aromatic rings. The van der Waals surface area contributed by atoms with Gasteiger partial charge >= 0.3 is 12.1 Å². The molecule has 0 aliphatic carbocycles. The lowest BCUT2D eigenvalue weighted by molar-refractivity contribution is -0.144. The molecule has 1 atom stereocenters. The molecule has 0 heterocycles. The van der Waals surface area contributed by atoms with E-state index in [1.807, 2.05) is 0 Å². The molecule has 6 heteroatoms. The Bertz CT molecular complexity index is 902. The quantitative estimate of drug-likeness (QED) is 0.663. The zero-order valence-corrected chi connectivity index (χ0v) is 13.1. The molecule has 0 aromatic heterocycles. The third kappa shape index (κ3) is 3.47. The van der Waals surface area contributed by atoms with Crippen molar-refractivity contribution in [2.24, 2.45) is 0 Å². The van der Waals surface area contributed by atoms with Gasteiger partial charge in [-0.05, 0) is 23.3 Å². The number of hydrogen-bond acceptors (Lipinski definition) is 3. The Morgan fingerprint density at radius 3 is 2.12 bits per heavy atom. The van der Waals surface area contributed by atoms with Crippen LogP contribution in [-0.4, -0.2) is 5.97 Å². The maximum Gasteiger partial charge on any atom is 0.416 e. The second kappa shape index (κ2) is 6.20. The lowest BCUT2D eigenvalue weighted by Crippen LogP contribution is -2.09. The molecule has 0 spiro atoms. The monoisotopic (exact) mass is 346 g/mol. The summed E-state index contributed by atoms with van der Waals surface area (Å²) in [5.74, 6) is -0.548. The van der Waals surface area contributed by atoms with Crippen LogP contribution < -0.4 is 5.43 Å². The van der Waals surface area contributed by atoms with Crippen molar-refractivity contribution in [3.05, 3.63) is 81.5 Å². The number of benzene rings is 2. The predicted molar refractivity (Wildman–Crippen MR) is 85.6 cm³/mol. The minimum atomic E-state index is -4.44. The fraction of sp³-hybridized carbons (Fsp3) is 0.158. The van der Waals surface area contributed by atoms with Crippen LogP contribution in [0.1, 0.15) is 29.7 Å². The van der Waals surface area contributed by atoms with E-state index in [2.05, 4.69) is 0 Å². The summed E-state index contributed by atoms with van der Waals surface area (Å²) in [5, 5.41) is 0. The van der Waals surface area contributed by atoms with E-state index in [1.54, 1.807) is 30.3 Å². The SMILES string of the molecule is CC(=O)OC(c1ccccc1)c1c(-c2ccc(C(F)(F)F)cc2)c1=O. The van der Waals surface area contributed by atoms with Gasteiger partial charge in [-0.2, -0.15) is 13.2 Å². The summed E-state index contributed by atoms with van der Waals surface area (Å²) in [6, 6.07) is 13.1. The fourth-order valence-corrected chi connectivity index (χ4v) is 2.63. The minimum absolute atomic E-state index is 0.293. The maximum atomic E-state index is 12.6. The van der Waals surface area contributed by atoms with Gasteiger partial charge in [-0.1, -0.05) is 42.5 Å². The van der Waals surface area contributed by atoms with Crippen LogP contribution in [0.4, 0.5) is 13.2 Å². The zero-order chi connectivity index (χ0) is 18.2. The second-order valence-electron chi connectivity index (χ2n) is 5.59. The molecule has 3 nitrogen and oxygen atoms in total. The van der Waals surface area contributed by atoms with Gasteiger partial charge in [-0.3, -0.25) is 9.59 Å². The van der Waals surface area contributed by atoms with E-state index in [0.29, 0.717) is 22.3 Å². The van der Waals surface area contributed by atoms with Crippen molar-refractivity contribution >= 4 is 5.97 Å². The highest BCUT2D eigenvalue weighted by molar-refractivity contribution is 5.79. The number of halogens is 3. The molecule has 0 aliphatic heterocycles. The highest BCUT2D eigenvalue weighted by atomic mass is 19.4. The van der Waals surface area contributed by atoms with Crippen molar-refractivity contribution in [3.8, 4) is 11.1 Å². The van der Waals surface area contributed by atoms with E-state index in [9.17, 15) is 22.8 Å². The summed E-state index contributed by atoms with van der Waals surface area (Å²) < 4.78 is 43.2. The molecular weight excluding hydrogens is 333 g/mol. The minimum Gasteiger partial charge on any atom is -0.453 e. The Morgan fingerprint density at radius 1 is 1.00 bits per heavy atom. The van der Waals surface area contributed by atoms with Crippen molar-refractivity contribution in [1.29, 1.82) is 0 Å². The molecule has 0 fully saturated rings. The molecule has 1 unspecified atom stereocenters. The number of rotatable bonds is 4. The molecule has 0 bridgehead atoms. The van der Waals surface area contributed by atoms with E-state index in [1.165, 1.54) is 19.1 Å². The summed E-state index contributed by atoms with van der Waals surface area (Å²) in [4.78, 5) is 23.6. The van der Waals surface area contributed by atoms with Crippen molar-refractivity contribution in [3.63, 3.8) is 0 Å². The first-order valence-electron chi connectivity index (χ1n) is 7.47. The molecule has 0 saturated carbocycles. The molecule has 0 radical (unpaired) electrons. The first-order chi connectivity index (χ1) is 11.8. The largest absolute Gasteiger partial charge is 0.453 e. The summed E-state index contributed by atoms with van der Waals surface area (Å²) >= 11 is 0. The first-order valence-corrected chi connectivity index (χ1v) is 7.47. The van der Waals surface area contributed by atoms with Gasteiger partial charge < -0.3 is 4.74 Å². The number of esters is 1. The number of hydrogen-bond donors (Lipinski definition) is 0. The van der Waals surface area contributed by atoms with Crippen molar-refractivity contribution in [1.82, 2.24) is 0 Å². The fourth-order valence-electron chi connectivity index (χ4n) is 2.63. The third-order valence-corrected chi connectivity index (χ3v) is 3.83. The molecule has 25 heavy (non-hydrogen) atoms. The van der Waals surface area contributed by atoms with Gasteiger partial charge in [0.1, 0.15) is 0 Å². The highest BCUT2D eigenvalue weighted by Gasteiger charge is 2.35. The van der Waals surface area contributed by atoms with Gasteiger partial charge in [0.2, 0.25) is 0 Å². The van der Waals surface area contributed by atoms with Crippen molar-refractivity contribution in [2.75, 3.05) is 0 Å². The molecule has 0 N–H and O–H groups in total. The zero-order valence-electron chi connectivity index (χ0n) is 13.1. The van der Waals surface area contributed by atoms with Crippen molar-refractivity contribution < 1.29 is 22.7 Å². The Labute approximate surface area is 141 Å². The predicted octanol–water partition coefficient (Wildman–Crippen LogP) is 4.26. The number of carbonyl (C=O) groups excluding carboxylic acids is 1. The second-order valence-corrected chi connectivity index (χ2v) is 5.59. The summed E-state index contributed by atoms with van der Waals surface area (Å²) in [6.45, 7) is 1.24. The normalized spacial score (nSPS) is 13.0. The maximum absolute atomic E-state index is 12.6. The summed E-state index contributed by atoms with van der Waals surface area (Å²) in [7, 11) is 0. The molecule has 128 valence electrons. The topological polar surface area (TPSA) is 43.4 Å². The Kier molecular flexibility index (Phi) is 4.20. The van der Waals surface area contributed by atoms with Gasteiger partial charge in [0.15, 0.2) is 11.5 Å². The van der Waals surface area contributed by atoms with Crippen LogP contribution in [-0.2, 0) is 15.7 Å². The molecule has 3 aromatic carbocycles. The highest BCUT2D eigenvalue weighted by Crippen LogP contribution is 2.37. The smallest absolute Gasteiger partial charge is 0.416 e. The standard InChI is InChI=1S/C19H13F3O3/c1-11(23)25-18(13-5-3-2-4-6-13)16-15(17(16)24)12-7-9-14(10-8-12)19(20,21)22/h2-10,18H,1H3. The van der Waals surface area contributed by atoms with Crippen LogP contribution >= 0.6 is 0 Å². The van der Waals surface area contributed by atoms with E-state index < -0.39 is 23.8 Å². The van der Waals surface area contributed by atoms with Crippen LogP contribution in [0.5, 0.6) is 0 Å². The van der Waals surface area contributed by atoms with Crippen LogP contribution in [0, 0.1) is 0 Å². The average molecular weight is 346 g/mol. The molecular formula is C19H13F3O3. The van der Waals surface area contributed by atoms with Gasteiger partial charge in [0.05, 0.1) is 11.1 Å².